The van der Waals surface area contributed by atoms with Gasteiger partial charge in [-0.3, -0.25) is 14.5 Å². The summed E-state index contributed by atoms with van der Waals surface area (Å²) < 4.78 is 0. The molecule has 0 bridgehead atoms. The molecule has 0 aromatic carbocycles. The molecule has 1 fully saturated rings. The quantitative estimate of drug-likeness (QED) is 0.497. The summed E-state index contributed by atoms with van der Waals surface area (Å²) in [6, 6.07) is 0.0497. The Morgan fingerprint density at radius 2 is 1.67 bits per heavy atom. The van der Waals surface area contributed by atoms with Crippen LogP contribution in [0.15, 0.2) is 0 Å². The molecule has 0 saturated heterocycles. The summed E-state index contributed by atoms with van der Waals surface area (Å²) in [6.07, 6.45) is 2.82. The molecule has 15 heavy (non-hydrogen) atoms. The lowest BCUT2D eigenvalue weighted by molar-refractivity contribution is -0.122. The molecule has 2 unspecified atom stereocenters. The van der Waals surface area contributed by atoms with E-state index < -0.39 is 11.8 Å². The lowest BCUT2D eigenvalue weighted by Gasteiger charge is -2.29. The Morgan fingerprint density at radius 3 is 2.00 bits per heavy atom. The van der Waals surface area contributed by atoms with E-state index in [1.807, 2.05) is 0 Å². The molecule has 6 N–H and O–H groups in total. The second-order valence-corrected chi connectivity index (χ2v) is 4.00. The number of nitrogens with two attached hydrogens (primary N) is 3. The predicted molar refractivity (Wildman–Crippen MR) is 55.6 cm³/mol. The molecule has 86 valence electrons. The molecule has 0 heterocycles. The van der Waals surface area contributed by atoms with Crippen LogP contribution in [-0.4, -0.2) is 41.9 Å². The zero-order valence-electron chi connectivity index (χ0n) is 8.69. The van der Waals surface area contributed by atoms with Gasteiger partial charge in [0.15, 0.2) is 0 Å². The monoisotopic (exact) mass is 214 g/mol. The fraction of sp³-hybridized carbons (Fsp3) is 0.778. The molecule has 0 aliphatic heterocycles. The third-order valence-corrected chi connectivity index (χ3v) is 2.72. The molecule has 2 amide bonds. The fourth-order valence-electron chi connectivity index (χ4n) is 2.11. The highest BCUT2D eigenvalue weighted by molar-refractivity contribution is 5.79. The van der Waals surface area contributed by atoms with E-state index in [1.54, 1.807) is 4.90 Å². The fourth-order valence-corrected chi connectivity index (χ4v) is 2.11. The molecular formula is C9H18N4O2. The van der Waals surface area contributed by atoms with Crippen molar-refractivity contribution in [3.05, 3.63) is 0 Å². The van der Waals surface area contributed by atoms with Crippen LogP contribution < -0.4 is 17.2 Å². The van der Waals surface area contributed by atoms with Crippen molar-refractivity contribution in [2.45, 2.75) is 31.3 Å². The third kappa shape index (κ3) is 3.49. The smallest absolute Gasteiger partial charge is 0.231 e. The van der Waals surface area contributed by atoms with E-state index in [9.17, 15) is 9.59 Å². The van der Waals surface area contributed by atoms with Crippen molar-refractivity contribution in [3.8, 4) is 0 Å². The Bertz CT molecular complexity index is 240. The summed E-state index contributed by atoms with van der Waals surface area (Å²) in [6.45, 7) is 0.0859. The normalized spacial score (nSPS) is 25.7. The zero-order chi connectivity index (χ0) is 11.4. The Morgan fingerprint density at radius 1 is 1.13 bits per heavy atom. The third-order valence-electron chi connectivity index (χ3n) is 2.72. The van der Waals surface area contributed by atoms with Gasteiger partial charge in [-0.05, 0) is 12.8 Å². The first kappa shape index (κ1) is 11.9. The number of rotatable bonds is 5. The number of hydrogen-bond donors (Lipinski definition) is 3. The van der Waals surface area contributed by atoms with Crippen molar-refractivity contribution in [3.63, 3.8) is 0 Å². The average Bonchev–Trinajstić information content (AvgIpc) is 2.48. The molecule has 1 aliphatic rings. The molecule has 6 heteroatoms. The summed E-state index contributed by atoms with van der Waals surface area (Å²) in [5.41, 5.74) is 16.1. The van der Waals surface area contributed by atoms with Gasteiger partial charge in [-0.2, -0.15) is 0 Å². The maximum atomic E-state index is 10.8. The summed E-state index contributed by atoms with van der Waals surface area (Å²) in [5.74, 6) is -0.925. The Hall–Kier alpha value is -1.14. The molecule has 2 atom stereocenters. The molecule has 1 aliphatic carbocycles. The first-order valence-corrected chi connectivity index (χ1v) is 5.07. The van der Waals surface area contributed by atoms with Crippen LogP contribution in [0.4, 0.5) is 0 Å². The summed E-state index contributed by atoms with van der Waals surface area (Å²) in [4.78, 5) is 23.4. The van der Waals surface area contributed by atoms with E-state index >= 15 is 0 Å². The predicted octanol–water partition coefficient (Wildman–Crippen LogP) is -1.86. The Labute approximate surface area is 88.8 Å². The largest absolute Gasteiger partial charge is 0.369 e. The summed E-state index contributed by atoms with van der Waals surface area (Å²) in [5, 5.41) is 0. The molecule has 1 rings (SSSR count). The van der Waals surface area contributed by atoms with Crippen LogP contribution in [0.25, 0.3) is 0 Å². The number of amides is 2. The van der Waals surface area contributed by atoms with E-state index in [-0.39, 0.29) is 25.2 Å². The van der Waals surface area contributed by atoms with Crippen molar-refractivity contribution in [2.24, 2.45) is 17.2 Å². The summed E-state index contributed by atoms with van der Waals surface area (Å²) in [7, 11) is 0. The van der Waals surface area contributed by atoms with Crippen LogP contribution in [0.5, 0.6) is 0 Å². The van der Waals surface area contributed by atoms with E-state index in [1.165, 1.54) is 0 Å². The van der Waals surface area contributed by atoms with Gasteiger partial charge < -0.3 is 17.2 Å². The van der Waals surface area contributed by atoms with Crippen molar-refractivity contribution in [1.29, 1.82) is 0 Å². The van der Waals surface area contributed by atoms with Crippen LogP contribution >= 0.6 is 0 Å². The molecule has 6 nitrogen and oxygen atoms in total. The SMILES string of the molecule is NC(=O)CN(CC(N)=O)C1CCCC1N. The summed E-state index contributed by atoms with van der Waals surface area (Å²) >= 11 is 0. The van der Waals surface area contributed by atoms with Gasteiger partial charge in [0.05, 0.1) is 13.1 Å². The lowest BCUT2D eigenvalue weighted by Crippen LogP contribution is -2.50. The van der Waals surface area contributed by atoms with E-state index in [2.05, 4.69) is 0 Å². The number of carbonyl (C=O) groups is 2. The van der Waals surface area contributed by atoms with Gasteiger partial charge in [0.25, 0.3) is 0 Å². The van der Waals surface area contributed by atoms with Crippen molar-refractivity contribution in [1.82, 2.24) is 4.90 Å². The molecule has 0 spiro atoms. The number of primary amides is 2. The van der Waals surface area contributed by atoms with Gasteiger partial charge in [0.2, 0.25) is 11.8 Å². The van der Waals surface area contributed by atoms with Gasteiger partial charge in [0.1, 0.15) is 0 Å². The minimum Gasteiger partial charge on any atom is -0.369 e. The van der Waals surface area contributed by atoms with E-state index in [4.69, 9.17) is 17.2 Å². The molecule has 0 aromatic heterocycles. The molecule has 0 aromatic rings. The standard InChI is InChI=1S/C9H18N4O2/c10-6-2-1-3-7(6)13(4-8(11)14)5-9(12)15/h6-7H,1-5,10H2,(H2,11,14)(H2,12,15). The second-order valence-electron chi connectivity index (χ2n) is 4.00. The highest BCUT2D eigenvalue weighted by Gasteiger charge is 2.30. The maximum Gasteiger partial charge on any atom is 0.231 e. The minimum absolute atomic E-state index is 0.00343. The van der Waals surface area contributed by atoms with Crippen molar-refractivity contribution in [2.75, 3.05) is 13.1 Å². The van der Waals surface area contributed by atoms with Crippen LogP contribution in [0.1, 0.15) is 19.3 Å². The first-order chi connectivity index (χ1) is 7.00. The Balaban J connectivity index is 2.61. The highest BCUT2D eigenvalue weighted by Crippen LogP contribution is 2.22. The van der Waals surface area contributed by atoms with Gasteiger partial charge >= 0.3 is 0 Å². The highest BCUT2D eigenvalue weighted by atomic mass is 16.2. The zero-order valence-corrected chi connectivity index (χ0v) is 8.69. The van der Waals surface area contributed by atoms with Gasteiger partial charge in [-0.25, -0.2) is 0 Å². The Kier molecular flexibility index (Phi) is 4.05. The lowest BCUT2D eigenvalue weighted by atomic mass is 10.1. The average molecular weight is 214 g/mol. The number of hydrogen-bond acceptors (Lipinski definition) is 4. The maximum absolute atomic E-state index is 10.8. The van der Waals surface area contributed by atoms with Crippen LogP contribution in [0.2, 0.25) is 0 Å². The van der Waals surface area contributed by atoms with Crippen LogP contribution in [0.3, 0.4) is 0 Å². The van der Waals surface area contributed by atoms with E-state index in [0.717, 1.165) is 19.3 Å². The first-order valence-electron chi connectivity index (χ1n) is 5.07. The minimum atomic E-state index is -0.463. The van der Waals surface area contributed by atoms with Crippen molar-refractivity contribution >= 4 is 11.8 Å². The molecule has 1 saturated carbocycles. The second kappa shape index (κ2) is 5.09. The topological polar surface area (TPSA) is 115 Å². The van der Waals surface area contributed by atoms with Gasteiger partial charge in [-0.15, -0.1) is 0 Å². The molecular weight excluding hydrogens is 196 g/mol. The van der Waals surface area contributed by atoms with Crippen LogP contribution in [-0.2, 0) is 9.59 Å². The number of nitrogens with zero attached hydrogens (tertiary/aromatic N) is 1. The van der Waals surface area contributed by atoms with Crippen molar-refractivity contribution < 1.29 is 9.59 Å². The number of carbonyl (C=O) groups excluding carboxylic acids is 2. The molecule has 0 radical (unpaired) electrons. The van der Waals surface area contributed by atoms with E-state index in [0.29, 0.717) is 0 Å². The van der Waals surface area contributed by atoms with Gasteiger partial charge in [0, 0.05) is 12.1 Å². The van der Waals surface area contributed by atoms with Crippen LogP contribution in [0, 0.1) is 0 Å². The van der Waals surface area contributed by atoms with Gasteiger partial charge in [-0.1, -0.05) is 6.42 Å².